The highest BCUT2D eigenvalue weighted by atomic mass is 35.5. The van der Waals surface area contributed by atoms with Gasteiger partial charge in [-0.25, -0.2) is 4.79 Å². The standard InChI is InChI=1S/C17H15ClO4.C5H11NO3/c1-17(2,16(20)21)22-14-9-5-12(6-10-14)15(19)11-3-7-13(18)8-4-11;1-2-9-5(8)4(6)3-7/h3-10H,1-2H3,(H,20,21);4,7H,2-3,6H2,1H3/t;4-/m.0/s1. The van der Waals surface area contributed by atoms with Gasteiger partial charge in [0.1, 0.15) is 11.8 Å². The number of ketones is 1. The number of carboxylic acid groups (broad SMARTS) is 1. The summed E-state index contributed by atoms with van der Waals surface area (Å²) in [5.74, 6) is -1.37. The Bertz CT molecular complexity index is 880. The molecule has 168 valence electrons. The molecule has 0 unspecified atom stereocenters. The van der Waals surface area contributed by atoms with Gasteiger partial charge in [-0.2, -0.15) is 0 Å². The zero-order valence-electron chi connectivity index (χ0n) is 17.5. The lowest BCUT2D eigenvalue weighted by Gasteiger charge is -2.21. The minimum absolute atomic E-state index is 0.138. The van der Waals surface area contributed by atoms with Gasteiger partial charge in [0, 0.05) is 16.1 Å². The number of hydrogen-bond acceptors (Lipinski definition) is 7. The van der Waals surface area contributed by atoms with E-state index in [1.54, 1.807) is 55.5 Å². The quantitative estimate of drug-likeness (QED) is 0.411. The predicted molar refractivity (Wildman–Crippen MR) is 115 cm³/mol. The first-order valence-corrected chi connectivity index (χ1v) is 9.75. The Hall–Kier alpha value is -2.94. The Morgan fingerprint density at radius 3 is 1.94 bits per heavy atom. The third-order valence-electron chi connectivity index (χ3n) is 3.90. The van der Waals surface area contributed by atoms with Crippen LogP contribution < -0.4 is 10.5 Å². The van der Waals surface area contributed by atoms with Crippen LogP contribution in [0, 0.1) is 0 Å². The highest BCUT2D eigenvalue weighted by Gasteiger charge is 2.29. The van der Waals surface area contributed by atoms with Gasteiger partial charge in [-0.1, -0.05) is 11.6 Å². The molecule has 4 N–H and O–H groups in total. The van der Waals surface area contributed by atoms with Gasteiger partial charge in [0.25, 0.3) is 0 Å². The molecule has 0 saturated carbocycles. The Balaban J connectivity index is 0.000000452. The molecule has 0 spiro atoms. The molecule has 0 bridgehead atoms. The minimum Gasteiger partial charge on any atom is -0.478 e. The number of nitrogens with two attached hydrogens (primary N) is 1. The summed E-state index contributed by atoms with van der Waals surface area (Å²) < 4.78 is 9.86. The van der Waals surface area contributed by atoms with Gasteiger partial charge in [0.05, 0.1) is 13.2 Å². The zero-order valence-corrected chi connectivity index (χ0v) is 18.3. The van der Waals surface area contributed by atoms with Crippen molar-refractivity contribution in [1.82, 2.24) is 0 Å². The summed E-state index contributed by atoms with van der Waals surface area (Å²) in [6.45, 7) is 4.54. The maximum Gasteiger partial charge on any atom is 0.347 e. The van der Waals surface area contributed by atoms with Crippen LogP contribution in [0.4, 0.5) is 0 Å². The molecule has 0 aliphatic heterocycles. The Morgan fingerprint density at radius 2 is 1.52 bits per heavy atom. The van der Waals surface area contributed by atoms with Gasteiger partial charge in [-0.05, 0) is 69.3 Å². The summed E-state index contributed by atoms with van der Waals surface area (Å²) in [5.41, 5.74) is 4.77. The SMILES string of the molecule is CC(C)(Oc1ccc(C(=O)c2ccc(Cl)cc2)cc1)C(=O)O.CCOC(=O)[C@@H](N)CO. The van der Waals surface area contributed by atoms with Crippen molar-refractivity contribution in [2.45, 2.75) is 32.4 Å². The summed E-state index contributed by atoms with van der Waals surface area (Å²) >= 11 is 5.79. The number of hydrogen-bond donors (Lipinski definition) is 3. The molecule has 31 heavy (non-hydrogen) atoms. The van der Waals surface area contributed by atoms with Gasteiger partial charge in [-0.15, -0.1) is 0 Å². The lowest BCUT2D eigenvalue weighted by molar-refractivity contribution is -0.152. The Morgan fingerprint density at radius 1 is 1.03 bits per heavy atom. The van der Waals surface area contributed by atoms with Crippen LogP contribution in [0.3, 0.4) is 0 Å². The summed E-state index contributed by atoms with van der Waals surface area (Å²) in [6.07, 6.45) is 0. The number of ether oxygens (including phenoxy) is 2. The van der Waals surface area contributed by atoms with Crippen LogP contribution in [0.15, 0.2) is 48.5 Å². The second-order valence-electron chi connectivity index (χ2n) is 6.82. The van der Waals surface area contributed by atoms with Gasteiger partial charge in [-0.3, -0.25) is 9.59 Å². The van der Waals surface area contributed by atoms with Crippen molar-refractivity contribution < 1.29 is 34.1 Å². The van der Waals surface area contributed by atoms with Crippen molar-refractivity contribution in [3.05, 3.63) is 64.7 Å². The summed E-state index contributed by atoms with van der Waals surface area (Å²) in [4.78, 5) is 33.8. The fourth-order valence-corrected chi connectivity index (χ4v) is 2.23. The topological polar surface area (TPSA) is 136 Å². The maximum absolute atomic E-state index is 12.3. The second kappa shape index (κ2) is 12.0. The van der Waals surface area contributed by atoms with Gasteiger partial charge in [0.2, 0.25) is 0 Å². The van der Waals surface area contributed by atoms with Crippen LogP contribution >= 0.6 is 11.6 Å². The molecular weight excluding hydrogens is 426 g/mol. The molecule has 0 amide bonds. The number of esters is 1. The summed E-state index contributed by atoms with van der Waals surface area (Å²) in [7, 11) is 0. The number of aliphatic hydroxyl groups excluding tert-OH is 1. The number of halogens is 1. The molecule has 0 aliphatic rings. The van der Waals surface area contributed by atoms with Crippen molar-refractivity contribution in [2.24, 2.45) is 5.73 Å². The molecule has 2 aromatic rings. The van der Waals surface area contributed by atoms with E-state index in [-0.39, 0.29) is 12.4 Å². The summed E-state index contributed by atoms with van der Waals surface area (Å²) in [5, 5.41) is 17.9. The number of aliphatic carboxylic acids is 1. The molecule has 0 aromatic heterocycles. The van der Waals surface area contributed by atoms with Crippen molar-refractivity contribution in [2.75, 3.05) is 13.2 Å². The molecule has 0 heterocycles. The van der Waals surface area contributed by atoms with E-state index in [9.17, 15) is 14.4 Å². The lowest BCUT2D eigenvalue weighted by atomic mass is 10.0. The van der Waals surface area contributed by atoms with Gasteiger partial charge in [0.15, 0.2) is 11.4 Å². The molecule has 0 radical (unpaired) electrons. The molecule has 1 atom stereocenters. The average Bonchev–Trinajstić information content (AvgIpc) is 2.74. The van der Waals surface area contributed by atoms with Gasteiger partial charge < -0.3 is 25.4 Å². The number of carbonyl (C=O) groups excluding carboxylic acids is 2. The fraction of sp³-hybridized carbons (Fsp3) is 0.318. The van der Waals surface area contributed by atoms with E-state index in [4.69, 9.17) is 32.3 Å². The van der Waals surface area contributed by atoms with Crippen LogP contribution in [0.5, 0.6) is 5.75 Å². The summed E-state index contributed by atoms with van der Waals surface area (Å²) in [6, 6.07) is 12.1. The molecule has 2 aromatic carbocycles. The van der Waals surface area contributed by atoms with E-state index < -0.39 is 23.6 Å². The average molecular weight is 452 g/mol. The number of carbonyl (C=O) groups is 3. The number of carboxylic acids is 1. The first kappa shape index (κ1) is 26.1. The fourth-order valence-electron chi connectivity index (χ4n) is 2.10. The van der Waals surface area contributed by atoms with E-state index in [2.05, 4.69) is 4.74 Å². The molecule has 8 nitrogen and oxygen atoms in total. The van der Waals surface area contributed by atoms with Crippen molar-refractivity contribution in [3.8, 4) is 5.75 Å². The largest absolute Gasteiger partial charge is 0.478 e. The second-order valence-corrected chi connectivity index (χ2v) is 7.26. The zero-order chi connectivity index (χ0) is 23.6. The lowest BCUT2D eigenvalue weighted by Crippen LogP contribution is -2.37. The van der Waals surface area contributed by atoms with E-state index in [0.717, 1.165) is 0 Å². The third kappa shape index (κ3) is 8.37. The number of aliphatic hydroxyl groups is 1. The van der Waals surface area contributed by atoms with Crippen LogP contribution in [-0.4, -0.2) is 52.8 Å². The molecule has 0 aliphatic carbocycles. The molecule has 0 saturated heterocycles. The van der Waals surface area contributed by atoms with Crippen LogP contribution in [0.25, 0.3) is 0 Å². The first-order valence-electron chi connectivity index (χ1n) is 9.37. The van der Waals surface area contributed by atoms with Crippen molar-refractivity contribution >= 4 is 29.3 Å². The minimum atomic E-state index is -1.33. The molecule has 0 fully saturated rings. The molecule has 9 heteroatoms. The Labute approximate surface area is 185 Å². The predicted octanol–water partition coefficient (Wildman–Crippen LogP) is 2.68. The maximum atomic E-state index is 12.3. The monoisotopic (exact) mass is 451 g/mol. The van der Waals surface area contributed by atoms with E-state index in [1.165, 1.54) is 13.8 Å². The van der Waals surface area contributed by atoms with E-state index in [1.807, 2.05) is 0 Å². The molecule has 2 rings (SSSR count). The third-order valence-corrected chi connectivity index (χ3v) is 4.15. The van der Waals surface area contributed by atoms with Crippen LogP contribution in [-0.2, 0) is 14.3 Å². The number of benzene rings is 2. The van der Waals surface area contributed by atoms with Crippen LogP contribution in [0.2, 0.25) is 5.02 Å². The normalized spacial score (nSPS) is 11.5. The van der Waals surface area contributed by atoms with Gasteiger partial charge >= 0.3 is 11.9 Å². The Kier molecular flexibility index (Phi) is 10.1. The highest BCUT2D eigenvalue weighted by molar-refractivity contribution is 6.30. The van der Waals surface area contributed by atoms with E-state index >= 15 is 0 Å². The highest BCUT2D eigenvalue weighted by Crippen LogP contribution is 2.21. The number of rotatable bonds is 8. The van der Waals surface area contributed by atoms with Crippen LogP contribution in [0.1, 0.15) is 36.7 Å². The van der Waals surface area contributed by atoms with Crippen molar-refractivity contribution in [3.63, 3.8) is 0 Å². The molecular formula is C22H26ClNO7. The smallest absolute Gasteiger partial charge is 0.347 e. The van der Waals surface area contributed by atoms with Crippen molar-refractivity contribution in [1.29, 1.82) is 0 Å². The van der Waals surface area contributed by atoms with E-state index in [0.29, 0.717) is 28.5 Å². The first-order chi connectivity index (χ1) is 14.5.